The second-order valence-corrected chi connectivity index (χ2v) is 7.41. The van der Waals surface area contributed by atoms with Gasteiger partial charge in [-0.3, -0.25) is 9.69 Å². The van der Waals surface area contributed by atoms with E-state index in [0.29, 0.717) is 10.3 Å². The van der Waals surface area contributed by atoms with Crippen LogP contribution in [-0.2, 0) is 14.8 Å². The monoisotopic (exact) mass is 373 g/mol. The molecule has 0 bridgehead atoms. The first-order valence-electron chi connectivity index (χ1n) is 6.15. The maximum Gasteiger partial charge on any atom is 0.252 e. The molecule has 0 radical (unpaired) electrons. The quantitative estimate of drug-likeness (QED) is 0.768. The lowest BCUT2D eigenvalue weighted by Crippen LogP contribution is -2.28. The van der Waals surface area contributed by atoms with Gasteiger partial charge < -0.3 is 0 Å². The van der Waals surface area contributed by atoms with Crippen LogP contribution in [0.25, 0.3) is 5.65 Å². The lowest BCUT2D eigenvalue weighted by atomic mass is 10.1. The first-order chi connectivity index (χ1) is 9.83. The minimum absolute atomic E-state index is 0.132. The lowest BCUT2D eigenvalue weighted by molar-refractivity contribution is -0.117. The van der Waals surface area contributed by atoms with Gasteiger partial charge in [-0.15, -0.1) is 5.10 Å². The van der Waals surface area contributed by atoms with Crippen molar-refractivity contribution in [2.45, 2.75) is 6.42 Å². The highest BCUT2D eigenvalue weighted by Crippen LogP contribution is 2.24. The Balaban J connectivity index is 1.89. The number of halogens is 1. The normalized spacial score (nSPS) is 19.6. The van der Waals surface area contributed by atoms with E-state index in [-0.39, 0.29) is 36.5 Å². The number of amides is 1. The second kappa shape index (κ2) is 5.04. The van der Waals surface area contributed by atoms with Gasteiger partial charge in [0.2, 0.25) is 15.9 Å². The van der Waals surface area contributed by atoms with Crippen LogP contribution in [0, 0.1) is 5.92 Å². The van der Waals surface area contributed by atoms with Crippen molar-refractivity contribution in [3.63, 3.8) is 0 Å². The molecule has 1 aliphatic rings. The molecule has 1 amide bonds. The zero-order valence-electron chi connectivity index (χ0n) is 10.8. The van der Waals surface area contributed by atoms with E-state index in [1.54, 1.807) is 16.6 Å². The van der Waals surface area contributed by atoms with E-state index in [9.17, 15) is 13.2 Å². The standard InChI is InChI=1S/C11H12BrN5O3S/c12-8-2-1-3-9-14-11(15-17(8)9)16-5-7(4-10(16)18)6-21(13,19)20/h1-3,7H,4-6H2,(H2,13,19,20). The Kier molecular flexibility index (Phi) is 3.46. The zero-order valence-corrected chi connectivity index (χ0v) is 13.2. The number of carbonyl (C=O) groups excluding carboxylic acids is 1. The van der Waals surface area contributed by atoms with Crippen LogP contribution in [-0.4, -0.2) is 41.2 Å². The molecular weight excluding hydrogens is 362 g/mol. The highest BCUT2D eigenvalue weighted by Gasteiger charge is 2.34. The van der Waals surface area contributed by atoms with E-state index < -0.39 is 10.0 Å². The van der Waals surface area contributed by atoms with Crippen LogP contribution >= 0.6 is 15.9 Å². The topological polar surface area (TPSA) is 111 Å². The van der Waals surface area contributed by atoms with E-state index in [0.717, 1.165) is 0 Å². The van der Waals surface area contributed by atoms with Crippen molar-refractivity contribution < 1.29 is 13.2 Å². The van der Waals surface area contributed by atoms with Crippen LogP contribution in [0.3, 0.4) is 0 Å². The number of rotatable bonds is 3. The number of carbonyl (C=O) groups is 1. The van der Waals surface area contributed by atoms with Gasteiger partial charge in [-0.05, 0) is 28.1 Å². The Hall–Kier alpha value is -1.52. The number of nitrogens with two attached hydrogens (primary N) is 1. The molecule has 2 aromatic heterocycles. The van der Waals surface area contributed by atoms with Crippen LogP contribution in [0.4, 0.5) is 5.95 Å². The van der Waals surface area contributed by atoms with Crippen molar-refractivity contribution in [2.24, 2.45) is 11.1 Å². The van der Waals surface area contributed by atoms with Crippen LogP contribution < -0.4 is 10.0 Å². The summed E-state index contributed by atoms with van der Waals surface area (Å²) in [5, 5.41) is 9.29. The van der Waals surface area contributed by atoms with Crippen molar-refractivity contribution in [2.75, 3.05) is 17.2 Å². The Labute approximate surface area is 129 Å². The van der Waals surface area contributed by atoms with Crippen molar-refractivity contribution in [3.05, 3.63) is 22.8 Å². The average molecular weight is 374 g/mol. The van der Waals surface area contributed by atoms with Crippen LogP contribution in [0.15, 0.2) is 22.8 Å². The molecule has 1 unspecified atom stereocenters. The number of hydrogen-bond donors (Lipinski definition) is 1. The molecule has 112 valence electrons. The van der Waals surface area contributed by atoms with Gasteiger partial charge in [-0.2, -0.15) is 4.98 Å². The fraction of sp³-hybridized carbons (Fsp3) is 0.364. The summed E-state index contributed by atoms with van der Waals surface area (Å²) >= 11 is 3.35. The third-order valence-corrected chi connectivity index (χ3v) is 4.75. The number of pyridine rings is 1. The summed E-state index contributed by atoms with van der Waals surface area (Å²) in [7, 11) is -3.60. The van der Waals surface area contributed by atoms with Crippen molar-refractivity contribution in [1.82, 2.24) is 14.6 Å². The van der Waals surface area contributed by atoms with Gasteiger partial charge in [0.05, 0.1) is 5.75 Å². The zero-order chi connectivity index (χ0) is 15.2. The molecule has 1 atom stereocenters. The Bertz CT molecular complexity index is 818. The maximum atomic E-state index is 12.0. The fourth-order valence-corrected chi connectivity index (χ4v) is 3.69. The molecule has 3 heterocycles. The van der Waals surface area contributed by atoms with E-state index in [1.165, 1.54) is 4.90 Å². The fourth-order valence-electron chi connectivity index (χ4n) is 2.39. The van der Waals surface area contributed by atoms with Gasteiger partial charge in [0.15, 0.2) is 5.65 Å². The molecule has 0 aromatic carbocycles. The molecule has 2 N–H and O–H groups in total. The minimum Gasteiger partial charge on any atom is -0.279 e. The molecule has 21 heavy (non-hydrogen) atoms. The molecule has 2 aromatic rings. The van der Waals surface area contributed by atoms with Crippen LogP contribution in [0.5, 0.6) is 0 Å². The first kappa shape index (κ1) is 14.4. The van der Waals surface area contributed by atoms with Crippen LogP contribution in [0.2, 0.25) is 0 Å². The summed E-state index contributed by atoms with van der Waals surface area (Å²) in [4.78, 5) is 17.7. The first-order valence-corrected chi connectivity index (χ1v) is 8.66. The molecule has 1 fully saturated rings. The SMILES string of the molecule is NS(=O)(=O)CC1CC(=O)N(c2nc3cccc(Br)n3n2)C1. The van der Waals surface area contributed by atoms with Crippen molar-refractivity contribution in [1.29, 1.82) is 0 Å². The van der Waals surface area contributed by atoms with Gasteiger partial charge in [-0.25, -0.2) is 18.1 Å². The Morgan fingerprint density at radius 3 is 2.86 bits per heavy atom. The predicted molar refractivity (Wildman–Crippen MR) is 79.1 cm³/mol. The number of fused-ring (bicyclic) bond motifs is 1. The summed E-state index contributed by atoms with van der Waals surface area (Å²) in [6, 6.07) is 5.39. The number of primary sulfonamides is 1. The largest absolute Gasteiger partial charge is 0.279 e. The molecular formula is C11H12BrN5O3S. The number of aromatic nitrogens is 3. The Morgan fingerprint density at radius 1 is 1.43 bits per heavy atom. The van der Waals surface area contributed by atoms with E-state index in [2.05, 4.69) is 26.0 Å². The Morgan fingerprint density at radius 2 is 2.19 bits per heavy atom. The minimum atomic E-state index is -3.60. The van der Waals surface area contributed by atoms with Crippen LogP contribution in [0.1, 0.15) is 6.42 Å². The third kappa shape index (κ3) is 2.92. The summed E-state index contributed by atoms with van der Waals surface area (Å²) in [5.74, 6) is -0.478. The van der Waals surface area contributed by atoms with Gasteiger partial charge in [0, 0.05) is 18.9 Å². The molecule has 0 saturated carbocycles. The molecule has 10 heteroatoms. The van der Waals surface area contributed by atoms with E-state index >= 15 is 0 Å². The highest BCUT2D eigenvalue weighted by atomic mass is 79.9. The number of anilines is 1. The molecule has 0 aliphatic carbocycles. The molecule has 8 nitrogen and oxygen atoms in total. The number of nitrogens with zero attached hydrogens (tertiary/aromatic N) is 4. The third-order valence-electron chi connectivity index (χ3n) is 3.22. The van der Waals surface area contributed by atoms with E-state index in [1.807, 2.05) is 6.07 Å². The summed E-state index contributed by atoms with van der Waals surface area (Å²) in [6.07, 6.45) is 0.132. The predicted octanol–water partition coefficient (Wildman–Crippen LogP) is 0.133. The van der Waals surface area contributed by atoms with E-state index in [4.69, 9.17) is 5.14 Å². The number of sulfonamides is 1. The lowest BCUT2D eigenvalue weighted by Gasteiger charge is -2.11. The van der Waals surface area contributed by atoms with Gasteiger partial charge >= 0.3 is 0 Å². The molecule has 1 saturated heterocycles. The molecule has 3 rings (SSSR count). The highest BCUT2D eigenvalue weighted by molar-refractivity contribution is 9.10. The summed E-state index contributed by atoms with van der Waals surface area (Å²) in [6.45, 7) is 0.254. The van der Waals surface area contributed by atoms with Crippen molar-refractivity contribution in [3.8, 4) is 0 Å². The number of hydrogen-bond acceptors (Lipinski definition) is 5. The second-order valence-electron chi connectivity index (χ2n) is 4.93. The molecule has 0 spiro atoms. The maximum absolute atomic E-state index is 12.0. The molecule has 1 aliphatic heterocycles. The van der Waals surface area contributed by atoms with Gasteiger partial charge in [-0.1, -0.05) is 6.07 Å². The average Bonchev–Trinajstić information content (AvgIpc) is 2.91. The summed E-state index contributed by atoms with van der Waals surface area (Å²) < 4.78 is 24.5. The smallest absolute Gasteiger partial charge is 0.252 e. The van der Waals surface area contributed by atoms with Gasteiger partial charge in [0.1, 0.15) is 4.60 Å². The van der Waals surface area contributed by atoms with Crippen molar-refractivity contribution >= 4 is 43.5 Å². The van der Waals surface area contributed by atoms with Gasteiger partial charge in [0.25, 0.3) is 5.95 Å². The summed E-state index contributed by atoms with van der Waals surface area (Å²) in [5.41, 5.74) is 0.599.